The van der Waals surface area contributed by atoms with Crippen LogP contribution in [-0.2, 0) is 9.53 Å². The molecule has 0 saturated carbocycles. The number of carboxylic acids is 1. The molecule has 2 saturated heterocycles. The molecule has 2 unspecified atom stereocenters. The van der Waals surface area contributed by atoms with Gasteiger partial charge in [-0.2, -0.15) is 0 Å². The maximum Gasteiger partial charge on any atom is 0.411 e. The van der Waals surface area contributed by atoms with E-state index in [1.807, 2.05) is 20.8 Å². The molecular formula is C11H17NO4. The maximum absolute atomic E-state index is 11.8. The van der Waals surface area contributed by atoms with Crippen LogP contribution >= 0.6 is 0 Å². The van der Waals surface area contributed by atoms with Gasteiger partial charge in [0.1, 0.15) is 11.6 Å². The quantitative estimate of drug-likeness (QED) is 0.736. The van der Waals surface area contributed by atoms with Crippen molar-refractivity contribution in [2.75, 3.05) is 0 Å². The van der Waals surface area contributed by atoms with E-state index in [9.17, 15) is 9.59 Å². The SMILES string of the molecule is CC1C2CC[C@@H](C(=O)O)N2C(=O)OC1(C)C. The largest absolute Gasteiger partial charge is 0.480 e. The molecule has 1 N–H and O–H groups in total. The van der Waals surface area contributed by atoms with Crippen molar-refractivity contribution in [2.24, 2.45) is 5.92 Å². The lowest BCUT2D eigenvalue weighted by molar-refractivity contribution is -0.146. The van der Waals surface area contributed by atoms with Crippen LogP contribution < -0.4 is 0 Å². The highest BCUT2D eigenvalue weighted by Gasteiger charge is 2.53. The van der Waals surface area contributed by atoms with Gasteiger partial charge in [-0.3, -0.25) is 4.90 Å². The van der Waals surface area contributed by atoms with Crippen molar-refractivity contribution in [2.45, 2.75) is 51.3 Å². The van der Waals surface area contributed by atoms with E-state index < -0.39 is 23.7 Å². The first-order valence-electron chi connectivity index (χ1n) is 5.58. The van der Waals surface area contributed by atoms with Gasteiger partial charge in [0, 0.05) is 12.0 Å². The van der Waals surface area contributed by atoms with E-state index in [0.29, 0.717) is 6.42 Å². The van der Waals surface area contributed by atoms with E-state index in [4.69, 9.17) is 9.84 Å². The molecule has 2 aliphatic rings. The highest BCUT2D eigenvalue weighted by molar-refractivity contribution is 5.81. The van der Waals surface area contributed by atoms with Crippen molar-refractivity contribution in [1.29, 1.82) is 0 Å². The normalized spacial score (nSPS) is 36.8. The summed E-state index contributed by atoms with van der Waals surface area (Å²) in [5, 5.41) is 9.04. The first-order valence-corrected chi connectivity index (χ1v) is 5.58. The third-order valence-corrected chi connectivity index (χ3v) is 3.95. The molecule has 16 heavy (non-hydrogen) atoms. The van der Waals surface area contributed by atoms with Gasteiger partial charge in [-0.1, -0.05) is 6.92 Å². The minimum Gasteiger partial charge on any atom is -0.480 e. The van der Waals surface area contributed by atoms with Crippen LogP contribution in [0.1, 0.15) is 33.6 Å². The molecule has 0 aliphatic carbocycles. The number of rotatable bonds is 1. The zero-order valence-corrected chi connectivity index (χ0v) is 9.77. The Labute approximate surface area is 94.4 Å². The number of carboxylic acid groups (broad SMARTS) is 1. The zero-order valence-electron chi connectivity index (χ0n) is 9.77. The standard InChI is InChI=1S/C11H17NO4/c1-6-7-4-5-8(9(13)14)12(7)10(15)16-11(6,2)3/h6-8H,4-5H2,1-3H3,(H,13,14)/t6?,7?,8-/m0/s1. The van der Waals surface area contributed by atoms with Crippen molar-refractivity contribution < 1.29 is 19.4 Å². The first-order chi connectivity index (χ1) is 7.34. The number of hydrogen-bond donors (Lipinski definition) is 1. The summed E-state index contributed by atoms with van der Waals surface area (Å²) in [6, 6.07) is -0.714. The summed E-state index contributed by atoms with van der Waals surface area (Å²) in [6.45, 7) is 5.76. The molecular weight excluding hydrogens is 210 g/mol. The molecule has 5 nitrogen and oxygen atoms in total. The van der Waals surface area contributed by atoms with Gasteiger partial charge in [0.25, 0.3) is 0 Å². The van der Waals surface area contributed by atoms with Gasteiger partial charge in [-0.15, -0.1) is 0 Å². The van der Waals surface area contributed by atoms with E-state index in [0.717, 1.165) is 6.42 Å². The van der Waals surface area contributed by atoms with Gasteiger partial charge in [-0.05, 0) is 26.7 Å². The Kier molecular flexibility index (Phi) is 2.36. The van der Waals surface area contributed by atoms with Crippen LogP contribution in [0.5, 0.6) is 0 Å². The number of ether oxygens (including phenoxy) is 1. The third kappa shape index (κ3) is 1.45. The van der Waals surface area contributed by atoms with Gasteiger partial charge < -0.3 is 9.84 Å². The van der Waals surface area contributed by atoms with Crippen LogP contribution in [0.15, 0.2) is 0 Å². The van der Waals surface area contributed by atoms with E-state index in [1.54, 1.807) is 0 Å². The molecule has 2 heterocycles. The predicted octanol–water partition coefficient (Wildman–Crippen LogP) is 1.47. The van der Waals surface area contributed by atoms with Crippen molar-refractivity contribution in [3.8, 4) is 0 Å². The Hall–Kier alpha value is -1.26. The van der Waals surface area contributed by atoms with E-state index in [-0.39, 0.29) is 12.0 Å². The van der Waals surface area contributed by atoms with Crippen molar-refractivity contribution in [3.05, 3.63) is 0 Å². The summed E-state index contributed by atoms with van der Waals surface area (Å²) in [7, 11) is 0. The Morgan fingerprint density at radius 2 is 2.12 bits per heavy atom. The van der Waals surface area contributed by atoms with Crippen molar-refractivity contribution >= 4 is 12.1 Å². The topological polar surface area (TPSA) is 66.8 Å². The Morgan fingerprint density at radius 1 is 1.50 bits per heavy atom. The number of carbonyl (C=O) groups excluding carboxylic acids is 1. The number of cyclic esters (lactones) is 1. The first kappa shape index (κ1) is 11.2. The van der Waals surface area contributed by atoms with Gasteiger partial charge in [0.2, 0.25) is 0 Å². The lowest BCUT2D eigenvalue weighted by Crippen LogP contribution is -2.58. The zero-order chi connectivity index (χ0) is 12.1. The molecule has 0 radical (unpaired) electrons. The van der Waals surface area contributed by atoms with Crippen LogP contribution in [0.3, 0.4) is 0 Å². The molecule has 2 rings (SSSR count). The highest BCUT2D eigenvalue weighted by atomic mass is 16.6. The fraction of sp³-hybridized carbons (Fsp3) is 0.818. The summed E-state index contributed by atoms with van der Waals surface area (Å²) >= 11 is 0. The fourth-order valence-electron chi connectivity index (χ4n) is 2.67. The van der Waals surface area contributed by atoms with Crippen molar-refractivity contribution in [1.82, 2.24) is 4.90 Å². The predicted molar refractivity (Wildman–Crippen MR) is 56.0 cm³/mol. The number of fused-ring (bicyclic) bond motifs is 1. The minimum absolute atomic E-state index is 0.00245. The average molecular weight is 227 g/mol. The summed E-state index contributed by atoms with van der Waals surface area (Å²) < 4.78 is 5.30. The summed E-state index contributed by atoms with van der Waals surface area (Å²) in [4.78, 5) is 24.2. The van der Waals surface area contributed by atoms with E-state index >= 15 is 0 Å². The molecule has 0 spiro atoms. The number of carbonyl (C=O) groups is 2. The monoisotopic (exact) mass is 227 g/mol. The molecule has 0 aromatic heterocycles. The van der Waals surface area contributed by atoms with Crippen LogP contribution in [0, 0.1) is 5.92 Å². The highest BCUT2D eigenvalue weighted by Crippen LogP contribution is 2.40. The van der Waals surface area contributed by atoms with Gasteiger partial charge in [0.15, 0.2) is 0 Å². The number of nitrogens with zero attached hydrogens (tertiary/aromatic N) is 1. The van der Waals surface area contributed by atoms with Gasteiger partial charge in [-0.25, -0.2) is 9.59 Å². The Balaban J connectivity index is 2.29. The van der Waals surface area contributed by atoms with Crippen LogP contribution in [0.4, 0.5) is 4.79 Å². The summed E-state index contributed by atoms with van der Waals surface area (Å²) in [5.74, 6) is -0.791. The van der Waals surface area contributed by atoms with Crippen LogP contribution in [0.25, 0.3) is 0 Å². The second kappa shape index (κ2) is 3.37. The summed E-state index contributed by atoms with van der Waals surface area (Å²) in [5.41, 5.74) is -0.508. The lowest BCUT2D eigenvalue weighted by atomic mass is 9.84. The van der Waals surface area contributed by atoms with Crippen LogP contribution in [-0.4, -0.2) is 39.8 Å². The molecule has 5 heteroatoms. The lowest BCUT2D eigenvalue weighted by Gasteiger charge is -2.45. The number of hydrogen-bond acceptors (Lipinski definition) is 3. The van der Waals surface area contributed by atoms with E-state index in [2.05, 4.69) is 0 Å². The van der Waals surface area contributed by atoms with Crippen LogP contribution in [0.2, 0.25) is 0 Å². The molecule has 0 aromatic carbocycles. The third-order valence-electron chi connectivity index (χ3n) is 3.95. The van der Waals surface area contributed by atoms with Gasteiger partial charge >= 0.3 is 12.1 Å². The second-order valence-corrected chi connectivity index (χ2v) is 5.17. The molecule has 2 fully saturated rings. The molecule has 90 valence electrons. The molecule has 0 aromatic rings. The Morgan fingerprint density at radius 3 is 2.69 bits per heavy atom. The van der Waals surface area contributed by atoms with E-state index in [1.165, 1.54) is 4.90 Å². The summed E-state index contributed by atoms with van der Waals surface area (Å²) in [6.07, 6.45) is 0.782. The Bertz CT molecular complexity index is 339. The average Bonchev–Trinajstić information content (AvgIpc) is 2.58. The minimum atomic E-state index is -0.939. The smallest absolute Gasteiger partial charge is 0.411 e. The fourth-order valence-corrected chi connectivity index (χ4v) is 2.67. The molecule has 2 aliphatic heterocycles. The number of aliphatic carboxylic acids is 1. The van der Waals surface area contributed by atoms with Gasteiger partial charge in [0.05, 0.1) is 0 Å². The second-order valence-electron chi connectivity index (χ2n) is 5.17. The molecule has 3 atom stereocenters. The number of amides is 1. The molecule has 0 bridgehead atoms. The van der Waals surface area contributed by atoms with Crippen molar-refractivity contribution in [3.63, 3.8) is 0 Å². The maximum atomic E-state index is 11.8. The molecule has 1 amide bonds.